The Morgan fingerprint density at radius 3 is 2.65 bits per heavy atom. The molecule has 1 spiro atoms. The van der Waals surface area contributed by atoms with Crippen LogP contribution in [-0.2, 0) is 11.4 Å². The Labute approximate surface area is 210 Å². The minimum absolute atomic E-state index is 0.179. The number of fused-ring (bicyclic) bond motifs is 5. The van der Waals surface area contributed by atoms with Crippen LogP contribution in [-0.4, -0.2) is 57.5 Å². The summed E-state index contributed by atoms with van der Waals surface area (Å²) in [6.45, 7) is 3.13. The van der Waals surface area contributed by atoms with Gasteiger partial charge in [-0.05, 0) is 44.4 Å². The number of nitrogens with one attached hydrogen (secondary N) is 2. The number of pyridine rings is 1. The van der Waals surface area contributed by atoms with Crippen molar-refractivity contribution < 1.29 is 28.3 Å². The van der Waals surface area contributed by atoms with Gasteiger partial charge >= 0.3 is 0 Å². The maximum absolute atomic E-state index is 14.2. The van der Waals surface area contributed by atoms with E-state index in [0.29, 0.717) is 30.7 Å². The van der Waals surface area contributed by atoms with Crippen molar-refractivity contribution in [2.24, 2.45) is 5.16 Å². The molecular weight excluding hydrogens is 488 g/mol. The van der Waals surface area contributed by atoms with Crippen molar-refractivity contribution in [3.63, 3.8) is 0 Å². The molecule has 12 heteroatoms. The van der Waals surface area contributed by atoms with Crippen molar-refractivity contribution in [3.8, 4) is 5.75 Å². The molecule has 3 aliphatic rings. The SMILES string of the molecule is CNC1=NO[C@@]2(CC[C@H](C)N3C[C@H]2n2cc(C(=O)NCc4c(F)cc(C)cc4F)c(=O)c(O)c2C3=O)C1. The molecule has 10 nitrogen and oxygen atoms in total. The predicted octanol–water partition coefficient (Wildman–Crippen LogP) is 1.94. The monoisotopic (exact) mass is 515 g/mol. The molecule has 0 aliphatic carbocycles. The third kappa shape index (κ3) is 3.91. The number of halogens is 2. The van der Waals surface area contributed by atoms with E-state index in [-0.39, 0.29) is 23.8 Å². The molecule has 3 aliphatic heterocycles. The highest BCUT2D eigenvalue weighted by molar-refractivity contribution is 5.99. The number of amidine groups is 1. The summed E-state index contributed by atoms with van der Waals surface area (Å²) in [5, 5.41) is 20.3. The van der Waals surface area contributed by atoms with Crippen molar-refractivity contribution in [1.29, 1.82) is 0 Å². The summed E-state index contributed by atoms with van der Waals surface area (Å²) in [6, 6.07) is 1.53. The van der Waals surface area contributed by atoms with E-state index in [2.05, 4.69) is 15.8 Å². The predicted molar refractivity (Wildman–Crippen MR) is 128 cm³/mol. The first-order valence-corrected chi connectivity index (χ1v) is 12.0. The lowest BCUT2D eigenvalue weighted by Gasteiger charge is -2.41. The van der Waals surface area contributed by atoms with Gasteiger partial charge in [-0.3, -0.25) is 14.4 Å². The van der Waals surface area contributed by atoms with Gasteiger partial charge in [0.1, 0.15) is 23.0 Å². The molecule has 0 unspecified atom stereocenters. The van der Waals surface area contributed by atoms with Crippen LogP contribution in [0, 0.1) is 18.6 Å². The number of nitrogens with zero attached hydrogens (tertiary/aromatic N) is 3. The molecule has 4 heterocycles. The molecular formula is C25H27F2N5O5. The average molecular weight is 516 g/mol. The number of rotatable bonds is 3. The number of aryl methyl sites for hydroxylation is 1. The van der Waals surface area contributed by atoms with Crippen molar-refractivity contribution in [3.05, 3.63) is 62.6 Å². The third-order valence-corrected chi connectivity index (χ3v) is 7.55. The Morgan fingerprint density at radius 2 is 2.00 bits per heavy atom. The molecule has 37 heavy (non-hydrogen) atoms. The fourth-order valence-electron chi connectivity index (χ4n) is 5.41. The minimum atomic E-state index is -1.05. The molecule has 196 valence electrons. The second-order valence-corrected chi connectivity index (χ2v) is 9.85. The summed E-state index contributed by atoms with van der Waals surface area (Å²) in [7, 11) is 1.72. The maximum Gasteiger partial charge on any atom is 0.274 e. The van der Waals surface area contributed by atoms with E-state index in [1.807, 2.05) is 6.92 Å². The zero-order valence-corrected chi connectivity index (χ0v) is 20.6. The van der Waals surface area contributed by atoms with Crippen LogP contribution < -0.4 is 16.1 Å². The second-order valence-electron chi connectivity index (χ2n) is 9.85. The summed E-state index contributed by atoms with van der Waals surface area (Å²) < 4.78 is 29.9. The molecule has 1 aromatic heterocycles. The average Bonchev–Trinajstić information content (AvgIpc) is 3.23. The third-order valence-electron chi connectivity index (χ3n) is 7.55. The van der Waals surface area contributed by atoms with E-state index in [1.54, 1.807) is 11.9 Å². The zero-order valence-electron chi connectivity index (χ0n) is 20.6. The Balaban J connectivity index is 1.55. The van der Waals surface area contributed by atoms with Gasteiger partial charge in [-0.25, -0.2) is 8.78 Å². The fourth-order valence-corrected chi connectivity index (χ4v) is 5.41. The normalized spacial score (nSPS) is 24.3. The summed E-state index contributed by atoms with van der Waals surface area (Å²) in [4.78, 5) is 46.9. The molecule has 3 atom stereocenters. The van der Waals surface area contributed by atoms with E-state index < -0.39 is 58.4 Å². The van der Waals surface area contributed by atoms with E-state index in [9.17, 15) is 28.3 Å². The molecule has 0 radical (unpaired) electrons. The lowest BCUT2D eigenvalue weighted by molar-refractivity contribution is -0.0655. The summed E-state index contributed by atoms with van der Waals surface area (Å²) in [6.07, 6.45) is 2.77. The number of aromatic hydroxyl groups is 1. The first kappa shape index (κ1) is 24.7. The van der Waals surface area contributed by atoms with Crippen molar-refractivity contribution in [2.45, 2.75) is 57.3 Å². The van der Waals surface area contributed by atoms with Crippen LogP contribution >= 0.6 is 0 Å². The lowest BCUT2D eigenvalue weighted by atomic mass is 9.85. The molecule has 2 bridgehead atoms. The Hall–Kier alpha value is -3.96. The Kier molecular flexibility index (Phi) is 5.92. The molecule has 1 aromatic carbocycles. The van der Waals surface area contributed by atoms with Gasteiger partial charge in [-0.2, -0.15) is 0 Å². The quantitative estimate of drug-likeness (QED) is 0.574. The smallest absolute Gasteiger partial charge is 0.274 e. The van der Waals surface area contributed by atoms with Crippen LogP contribution in [0.1, 0.15) is 64.2 Å². The molecule has 5 rings (SSSR count). The van der Waals surface area contributed by atoms with Gasteiger partial charge < -0.3 is 30.0 Å². The molecule has 1 saturated heterocycles. The largest absolute Gasteiger partial charge is 0.503 e. The van der Waals surface area contributed by atoms with E-state index in [0.717, 1.165) is 12.1 Å². The van der Waals surface area contributed by atoms with Crippen molar-refractivity contribution in [1.82, 2.24) is 20.1 Å². The number of benzene rings is 1. The van der Waals surface area contributed by atoms with Crippen LogP contribution in [0.5, 0.6) is 5.75 Å². The summed E-state index contributed by atoms with van der Waals surface area (Å²) in [5.74, 6) is -3.38. The Bertz CT molecular complexity index is 1380. The standard InChI is InChI=1S/C25H27F2N5O5/c1-12-6-16(26)14(17(27)7-12)9-29-23(35)15-10-32-18-11-31(24(36)20(32)22(34)21(15)33)13(2)4-5-25(18)8-19(28-3)30-37-25/h6-7,10,13,18,34H,4-5,8-9,11H2,1-3H3,(H,28,30)(H,29,35)/t13-,18+,25-/m0/s1. The number of hydrogen-bond acceptors (Lipinski definition) is 7. The highest BCUT2D eigenvalue weighted by atomic mass is 19.1. The zero-order chi connectivity index (χ0) is 26.6. The number of hydrogen-bond donors (Lipinski definition) is 3. The van der Waals surface area contributed by atoms with Crippen molar-refractivity contribution in [2.75, 3.05) is 13.6 Å². The molecule has 2 amide bonds. The molecule has 1 fully saturated rings. The first-order chi connectivity index (χ1) is 17.6. The first-order valence-electron chi connectivity index (χ1n) is 12.0. The number of carbonyl (C=O) groups excluding carboxylic acids is 2. The molecule has 0 saturated carbocycles. The second kappa shape index (κ2) is 8.86. The van der Waals surface area contributed by atoms with Crippen LogP contribution in [0.15, 0.2) is 28.3 Å². The van der Waals surface area contributed by atoms with E-state index in [1.165, 1.54) is 17.7 Å². The van der Waals surface area contributed by atoms with Crippen LogP contribution in [0.2, 0.25) is 0 Å². The van der Waals surface area contributed by atoms with Gasteiger partial charge in [0.25, 0.3) is 11.8 Å². The maximum atomic E-state index is 14.2. The summed E-state index contributed by atoms with van der Waals surface area (Å²) in [5.41, 5.74) is -2.60. The molecule has 3 N–H and O–H groups in total. The van der Waals surface area contributed by atoms with Crippen LogP contribution in [0.3, 0.4) is 0 Å². The number of carbonyl (C=O) groups is 2. The van der Waals surface area contributed by atoms with E-state index in [4.69, 9.17) is 4.84 Å². The summed E-state index contributed by atoms with van der Waals surface area (Å²) >= 11 is 0. The molecule has 2 aromatic rings. The van der Waals surface area contributed by atoms with Gasteiger partial charge in [0.2, 0.25) is 5.43 Å². The van der Waals surface area contributed by atoms with Crippen LogP contribution in [0.4, 0.5) is 8.78 Å². The number of aromatic nitrogens is 1. The highest BCUT2D eigenvalue weighted by Crippen LogP contribution is 2.45. The lowest BCUT2D eigenvalue weighted by Crippen LogP contribution is -2.52. The minimum Gasteiger partial charge on any atom is -0.503 e. The van der Waals surface area contributed by atoms with Crippen LogP contribution in [0.25, 0.3) is 0 Å². The fraction of sp³-hybridized carbons (Fsp3) is 0.440. The van der Waals surface area contributed by atoms with Gasteiger partial charge in [0, 0.05) is 37.9 Å². The van der Waals surface area contributed by atoms with Gasteiger partial charge in [0.05, 0.1) is 12.5 Å². The number of oxime groups is 1. The number of amides is 2. The van der Waals surface area contributed by atoms with Gasteiger partial charge in [-0.1, -0.05) is 5.16 Å². The van der Waals surface area contributed by atoms with Gasteiger partial charge in [-0.15, -0.1) is 0 Å². The van der Waals surface area contributed by atoms with Gasteiger partial charge in [0.15, 0.2) is 17.0 Å². The highest BCUT2D eigenvalue weighted by Gasteiger charge is 2.54. The van der Waals surface area contributed by atoms with E-state index >= 15 is 0 Å². The van der Waals surface area contributed by atoms with Crippen molar-refractivity contribution >= 4 is 17.6 Å². The Morgan fingerprint density at radius 1 is 1.30 bits per heavy atom. The topological polar surface area (TPSA) is 125 Å².